The summed E-state index contributed by atoms with van der Waals surface area (Å²) >= 11 is 5.91. The summed E-state index contributed by atoms with van der Waals surface area (Å²) in [6.45, 7) is 3.31. The normalized spacial score (nSPS) is 16.5. The summed E-state index contributed by atoms with van der Waals surface area (Å²) in [5.74, 6) is -0.672. The van der Waals surface area contributed by atoms with Crippen molar-refractivity contribution in [2.75, 3.05) is 33.3 Å². The zero-order chi connectivity index (χ0) is 16.7. The van der Waals surface area contributed by atoms with E-state index >= 15 is 0 Å². The molecule has 0 aromatic heterocycles. The average molecular weight is 343 g/mol. The van der Waals surface area contributed by atoms with E-state index in [1.54, 1.807) is 6.07 Å². The molecule has 2 rings (SSSR count). The van der Waals surface area contributed by atoms with Gasteiger partial charge in [0.15, 0.2) is 0 Å². The van der Waals surface area contributed by atoms with Crippen molar-refractivity contribution in [1.29, 1.82) is 0 Å². The largest absolute Gasteiger partial charge is 0.378 e. The summed E-state index contributed by atoms with van der Waals surface area (Å²) in [5, 5.41) is 3.06. The topological polar surface area (TPSA) is 41.6 Å². The molecule has 0 spiro atoms. The maximum atomic E-state index is 13.6. The molecular formula is C17H24ClFN2O2. The molecule has 128 valence electrons. The number of carbonyl (C=O) groups excluding carboxylic acids is 1. The lowest BCUT2D eigenvalue weighted by atomic mass is 10.1. The third-order valence-electron chi connectivity index (χ3n) is 4.06. The molecule has 4 nitrogen and oxygen atoms in total. The van der Waals surface area contributed by atoms with Crippen molar-refractivity contribution in [2.24, 2.45) is 0 Å². The van der Waals surface area contributed by atoms with E-state index in [9.17, 15) is 9.18 Å². The number of hydrogen-bond donors (Lipinski definition) is 1. The number of hydrogen-bond acceptors (Lipinski definition) is 3. The van der Waals surface area contributed by atoms with Crippen LogP contribution in [0.1, 0.15) is 24.8 Å². The number of nitrogens with one attached hydrogen (secondary N) is 1. The third-order valence-corrected chi connectivity index (χ3v) is 4.42. The second kappa shape index (κ2) is 9.21. The molecule has 0 atom stereocenters. The lowest BCUT2D eigenvalue weighted by Gasteiger charge is -2.28. The Bertz CT molecular complexity index is 499. The maximum absolute atomic E-state index is 13.6. The lowest BCUT2D eigenvalue weighted by molar-refractivity contribution is -0.120. The highest BCUT2D eigenvalue weighted by molar-refractivity contribution is 6.31. The molecule has 0 saturated carbocycles. The fourth-order valence-electron chi connectivity index (χ4n) is 2.63. The SMILES string of the molecule is CN1CCC(OCCCNC(=O)Cc2c(F)cccc2Cl)CC1. The van der Waals surface area contributed by atoms with E-state index in [1.807, 2.05) is 0 Å². The van der Waals surface area contributed by atoms with Gasteiger partial charge in [0.2, 0.25) is 5.91 Å². The van der Waals surface area contributed by atoms with Gasteiger partial charge in [-0.05, 0) is 38.4 Å². The van der Waals surface area contributed by atoms with Gasteiger partial charge >= 0.3 is 0 Å². The number of rotatable bonds is 7. The second-order valence-corrected chi connectivity index (χ2v) is 6.36. The minimum absolute atomic E-state index is 0.0404. The highest BCUT2D eigenvalue weighted by Crippen LogP contribution is 2.19. The van der Waals surface area contributed by atoms with Crippen LogP contribution in [0.5, 0.6) is 0 Å². The monoisotopic (exact) mass is 342 g/mol. The number of amides is 1. The fraction of sp³-hybridized carbons (Fsp3) is 0.588. The molecule has 1 saturated heterocycles. The Hall–Kier alpha value is -1.17. The van der Waals surface area contributed by atoms with Gasteiger partial charge in [-0.1, -0.05) is 17.7 Å². The Labute approximate surface area is 141 Å². The first-order valence-corrected chi connectivity index (χ1v) is 8.44. The van der Waals surface area contributed by atoms with E-state index in [0.717, 1.165) is 32.4 Å². The lowest BCUT2D eigenvalue weighted by Crippen LogP contribution is -2.34. The molecule has 0 radical (unpaired) electrons. The Balaban J connectivity index is 1.60. The van der Waals surface area contributed by atoms with Crippen molar-refractivity contribution in [3.63, 3.8) is 0 Å². The number of piperidine rings is 1. The van der Waals surface area contributed by atoms with Crippen molar-refractivity contribution in [3.05, 3.63) is 34.6 Å². The molecule has 1 aliphatic heterocycles. The van der Waals surface area contributed by atoms with Gasteiger partial charge in [-0.2, -0.15) is 0 Å². The molecule has 1 amide bonds. The van der Waals surface area contributed by atoms with Crippen LogP contribution in [0.3, 0.4) is 0 Å². The first-order valence-electron chi connectivity index (χ1n) is 8.06. The van der Waals surface area contributed by atoms with E-state index < -0.39 is 5.82 Å². The number of benzene rings is 1. The first kappa shape index (κ1) is 18.2. The summed E-state index contributed by atoms with van der Waals surface area (Å²) in [6.07, 6.45) is 3.17. The summed E-state index contributed by atoms with van der Waals surface area (Å²) in [5.41, 5.74) is 0.245. The standard InChI is InChI=1S/C17H24ClFN2O2/c1-21-9-6-13(7-10-21)23-11-3-8-20-17(22)12-14-15(18)4-2-5-16(14)19/h2,4-5,13H,3,6-12H2,1H3,(H,20,22). The molecule has 1 N–H and O–H groups in total. The van der Waals surface area contributed by atoms with Gasteiger partial charge in [0.25, 0.3) is 0 Å². The van der Waals surface area contributed by atoms with E-state index in [2.05, 4.69) is 17.3 Å². The molecule has 1 aromatic carbocycles. The van der Waals surface area contributed by atoms with Crippen LogP contribution in [0.4, 0.5) is 4.39 Å². The van der Waals surface area contributed by atoms with Gasteiger partial charge in [0.05, 0.1) is 12.5 Å². The molecule has 23 heavy (non-hydrogen) atoms. The van der Waals surface area contributed by atoms with Crippen molar-refractivity contribution in [3.8, 4) is 0 Å². The maximum Gasteiger partial charge on any atom is 0.224 e. The molecule has 1 aliphatic rings. The smallest absolute Gasteiger partial charge is 0.224 e. The number of carbonyl (C=O) groups is 1. The van der Waals surface area contributed by atoms with Crippen LogP contribution in [0.2, 0.25) is 5.02 Å². The van der Waals surface area contributed by atoms with Gasteiger partial charge < -0.3 is 15.0 Å². The predicted molar refractivity (Wildman–Crippen MR) is 89.2 cm³/mol. The van der Waals surface area contributed by atoms with Crippen LogP contribution in [0, 0.1) is 5.82 Å². The van der Waals surface area contributed by atoms with Crippen LogP contribution < -0.4 is 5.32 Å². The Morgan fingerprint density at radius 2 is 2.17 bits per heavy atom. The Morgan fingerprint density at radius 3 is 2.87 bits per heavy atom. The van der Waals surface area contributed by atoms with Crippen molar-refractivity contribution < 1.29 is 13.9 Å². The highest BCUT2D eigenvalue weighted by atomic mass is 35.5. The van der Waals surface area contributed by atoms with Crippen LogP contribution in [-0.2, 0) is 16.0 Å². The van der Waals surface area contributed by atoms with E-state index in [-0.39, 0.29) is 22.9 Å². The minimum Gasteiger partial charge on any atom is -0.378 e. The number of ether oxygens (including phenoxy) is 1. The van der Waals surface area contributed by atoms with Crippen LogP contribution in [-0.4, -0.2) is 50.2 Å². The first-order chi connectivity index (χ1) is 11.1. The molecule has 1 heterocycles. The van der Waals surface area contributed by atoms with Gasteiger partial charge in [-0.25, -0.2) is 4.39 Å². The summed E-state index contributed by atoms with van der Waals surface area (Å²) in [7, 11) is 2.12. The molecule has 0 bridgehead atoms. The van der Waals surface area contributed by atoms with Crippen molar-refractivity contribution in [2.45, 2.75) is 31.8 Å². The molecule has 0 aliphatic carbocycles. The number of halogens is 2. The minimum atomic E-state index is -0.446. The van der Waals surface area contributed by atoms with Crippen LogP contribution in [0.25, 0.3) is 0 Å². The average Bonchev–Trinajstić information content (AvgIpc) is 2.52. The summed E-state index contributed by atoms with van der Waals surface area (Å²) < 4.78 is 19.4. The molecular weight excluding hydrogens is 319 g/mol. The number of nitrogens with zero attached hydrogens (tertiary/aromatic N) is 1. The van der Waals surface area contributed by atoms with Gasteiger partial charge in [0, 0.05) is 36.8 Å². The molecule has 6 heteroatoms. The van der Waals surface area contributed by atoms with Gasteiger partial charge in [-0.3, -0.25) is 4.79 Å². The predicted octanol–water partition coefficient (Wildman–Crippen LogP) is 2.64. The van der Waals surface area contributed by atoms with Gasteiger partial charge in [0.1, 0.15) is 5.82 Å². The van der Waals surface area contributed by atoms with Gasteiger partial charge in [-0.15, -0.1) is 0 Å². The highest BCUT2D eigenvalue weighted by Gasteiger charge is 2.16. The van der Waals surface area contributed by atoms with Crippen molar-refractivity contribution in [1.82, 2.24) is 10.2 Å². The fourth-order valence-corrected chi connectivity index (χ4v) is 2.86. The Morgan fingerprint density at radius 1 is 1.43 bits per heavy atom. The molecule has 1 aromatic rings. The van der Waals surface area contributed by atoms with E-state index in [1.165, 1.54) is 12.1 Å². The molecule has 0 unspecified atom stereocenters. The quantitative estimate of drug-likeness (QED) is 0.774. The zero-order valence-electron chi connectivity index (χ0n) is 13.5. The zero-order valence-corrected chi connectivity index (χ0v) is 14.2. The second-order valence-electron chi connectivity index (χ2n) is 5.95. The van der Waals surface area contributed by atoms with Crippen LogP contribution in [0.15, 0.2) is 18.2 Å². The summed E-state index contributed by atoms with van der Waals surface area (Å²) in [6, 6.07) is 4.42. The summed E-state index contributed by atoms with van der Waals surface area (Å²) in [4.78, 5) is 14.1. The van der Waals surface area contributed by atoms with Crippen molar-refractivity contribution >= 4 is 17.5 Å². The van der Waals surface area contributed by atoms with E-state index in [0.29, 0.717) is 19.3 Å². The molecule has 1 fully saturated rings. The third kappa shape index (κ3) is 6.09. The van der Waals surface area contributed by atoms with Crippen LogP contribution >= 0.6 is 11.6 Å². The Kier molecular flexibility index (Phi) is 7.27. The number of likely N-dealkylation sites (tertiary alicyclic amines) is 1. The van der Waals surface area contributed by atoms with E-state index in [4.69, 9.17) is 16.3 Å².